The van der Waals surface area contributed by atoms with E-state index in [-0.39, 0.29) is 24.4 Å². The Hall–Kier alpha value is -3.49. The minimum absolute atomic E-state index is 0.0381. The van der Waals surface area contributed by atoms with Crippen LogP contribution >= 0.6 is 0 Å². The molecule has 0 fully saturated rings. The van der Waals surface area contributed by atoms with E-state index in [9.17, 15) is 18.0 Å². The smallest absolute Gasteiger partial charge is 0.434 e. The lowest BCUT2D eigenvalue weighted by molar-refractivity contribution is -0.141. The number of ether oxygens (including phenoxy) is 1. The molecule has 1 aliphatic carbocycles. The first-order chi connectivity index (χ1) is 16.2. The van der Waals surface area contributed by atoms with E-state index in [0.29, 0.717) is 31.2 Å². The molecule has 1 aromatic rings. The van der Waals surface area contributed by atoms with Crippen LogP contribution in [0, 0.1) is 0 Å². The van der Waals surface area contributed by atoms with E-state index >= 15 is 0 Å². The lowest BCUT2D eigenvalue weighted by atomic mass is 9.96. The van der Waals surface area contributed by atoms with Gasteiger partial charge >= 0.3 is 6.18 Å². The van der Waals surface area contributed by atoms with Gasteiger partial charge in [0, 0.05) is 30.3 Å². The zero-order valence-electron chi connectivity index (χ0n) is 19.3. The van der Waals surface area contributed by atoms with Crippen LogP contribution in [0.4, 0.5) is 13.2 Å². The molecule has 2 aliphatic rings. The zero-order valence-corrected chi connectivity index (χ0v) is 19.3. The van der Waals surface area contributed by atoms with Crippen LogP contribution in [-0.2, 0) is 11.0 Å². The topological polar surface area (TPSA) is 67.7 Å². The van der Waals surface area contributed by atoms with Crippen LogP contribution in [0.3, 0.4) is 0 Å². The lowest BCUT2D eigenvalue weighted by Gasteiger charge is -2.29. The second kappa shape index (κ2) is 11.1. The van der Waals surface area contributed by atoms with Gasteiger partial charge in [-0.1, -0.05) is 36.0 Å². The minimum atomic E-state index is -4.57. The van der Waals surface area contributed by atoms with E-state index in [1.165, 1.54) is 0 Å². The van der Waals surface area contributed by atoms with Gasteiger partial charge in [0.05, 0.1) is 24.1 Å². The summed E-state index contributed by atoms with van der Waals surface area (Å²) in [6, 6.07) is -0.364. The predicted octanol–water partition coefficient (Wildman–Crippen LogP) is 5.23. The molecule has 0 spiro atoms. The van der Waals surface area contributed by atoms with Gasteiger partial charge < -0.3 is 9.64 Å². The molecule has 0 saturated heterocycles. The number of hydrogen-bond donors (Lipinski definition) is 0. The summed E-state index contributed by atoms with van der Waals surface area (Å²) >= 11 is 0. The number of aliphatic imine (C=N–C) groups is 1. The molecule has 9 heteroatoms. The van der Waals surface area contributed by atoms with Crippen LogP contribution in [0.25, 0.3) is 0 Å². The highest BCUT2D eigenvalue weighted by Gasteiger charge is 2.33. The molecule has 0 N–H and O–H groups in total. The Labute approximate surface area is 197 Å². The molecule has 0 bridgehead atoms. The molecule has 2 heterocycles. The molecule has 0 aromatic carbocycles. The van der Waals surface area contributed by atoms with Gasteiger partial charge in [-0.05, 0) is 33.3 Å². The van der Waals surface area contributed by atoms with Crippen molar-refractivity contribution in [2.75, 3.05) is 13.2 Å². The van der Waals surface area contributed by atoms with E-state index in [0.717, 1.165) is 23.1 Å². The normalized spacial score (nSPS) is 17.0. The number of halogens is 3. The summed E-state index contributed by atoms with van der Waals surface area (Å²) in [6.07, 6.45) is 11.6. The fourth-order valence-corrected chi connectivity index (χ4v) is 3.53. The van der Waals surface area contributed by atoms with Crippen LogP contribution in [0.2, 0.25) is 0 Å². The Kier molecular flexibility index (Phi) is 8.20. The Balaban J connectivity index is 1.75. The van der Waals surface area contributed by atoms with E-state index in [4.69, 9.17) is 4.74 Å². The van der Waals surface area contributed by atoms with Gasteiger partial charge in [0.2, 0.25) is 5.88 Å². The molecular weight excluding hydrogens is 445 g/mol. The summed E-state index contributed by atoms with van der Waals surface area (Å²) in [6.45, 7) is 6.16. The lowest BCUT2D eigenvalue weighted by Crippen LogP contribution is -2.43. The summed E-state index contributed by atoms with van der Waals surface area (Å²) in [5.74, 6) is -0.199. The van der Waals surface area contributed by atoms with E-state index in [1.54, 1.807) is 11.1 Å². The van der Waals surface area contributed by atoms with Crippen LogP contribution in [0.15, 0.2) is 76.8 Å². The third-order valence-corrected chi connectivity index (χ3v) is 5.39. The Bertz CT molecular complexity index is 1080. The second-order valence-electron chi connectivity index (χ2n) is 7.95. The number of alkyl halides is 3. The van der Waals surface area contributed by atoms with Crippen molar-refractivity contribution in [3.8, 4) is 5.88 Å². The highest BCUT2D eigenvalue weighted by Crippen LogP contribution is 2.27. The number of allylic oxidation sites excluding steroid dienone is 7. The fraction of sp³-hybridized carbons (Fsp3) is 0.360. The molecule has 180 valence electrons. The highest BCUT2D eigenvalue weighted by atomic mass is 19.4. The molecular formula is C25H27F3N4O2. The van der Waals surface area contributed by atoms with Crippen LogP contribution in [0.5, 0.6) is 5.88 Å². The molecule has 1 amide bonds. The predicted molar refractivity (Wildman–Crippen MR) is 124 cm³/mol. The second-order valence-corrected chi connectivity index (χ2v) is 7.95. The fourth-order valence-electron chi connectivity index (χ4n) is 3.53. The SMILES string of the molecule is CCN(C(=O)C1=CCC(C)=CC=C1C1=NC=CC=CC1)[C@@H](C)COc1cnc(C(F)(F)F)cn1. The Morgan fingerprint density at radius 1 is 1.18 bits per heavy atom. The molecule has 6 nitrogen and oxygen atoms in total. The average Bonchev–Trinajstić information content (AvgIpc) is 3.18. The van der Waals surface area contributed by atoms with Gasteiger partial charge in [-0.25, -0.2) is 9.97 Å². The molecule has 3 rings (SSSR count). The van der Waals surface area contributed by atoms with Crippen molar-refractivity contribution in [3.63, 3.8) is 0 Å². The highest BCUT2D eigenvalue weighted by molar-refractivity contribution is 6.15. The largest absolute Gasteiger partial charge is 0.474 e. The van der Waals surface area contributed by atoms with E-state index < -0.39 is 11.9 Å². The number of amides is 1. The molecule has 1 aromatic heterocycles. The first-order valence-electron chi connectivity index (χ1n) is 11.0. The van der Waals surface area contributed by atoms with E-state index in [1.807, 2.05) is 57.2 Å². The summed E-state index contributed by atoms with van der Waals surface area (Å²) in [4.78, 5) is 26.8. The van der Waals surface area contributed by atoms with Crippen molar-refractivity contribution in [1.29, 1.82) is 0 Å². The summed E-state index contributed by atoms with van der Waals surface area (Å²) in [5, 5.41) is 0. The van der Waals surface area contributed by atoms with Crippen LogP contribution in [-0.4, -0.2) is 45.7 Å². The van der Waals surface area contributed by atoms with Gasteiger partial charge in [-0.15, -0.1) is 0 Å². The Morgan fingerprint density at radius 3 is 2.65 bits per heavy atom. The summed E-state index contributed by atoms with van der Waals surface area (Å²) < 4.78 is 43.6. The molecule has 0 unspecified atom stereocenters. The number of carbonyl (C=O) groups is 1. The van der Waals surface area contributed by atoms with Crippen molar-refractivity contribution in [1.82, 2.24) is 14.9 Å². The van der Waals surface area contributed by atoms with Gasteiger partial charge in [0.1, 0.15) is 6.61 Å². The van der Waals surface area contributed by atoms with Gasteiger partial charge in [-0.3, -0.25) is 9.79 Å². The number of nitrogens with zero attached hydrogens (tertiary/aromatic N) is 4. The monoisotopic (exact) mass is 472 g/mol. The zero-order chi connectivity index (χ0) is 24.7. The van der Waals surface area contributed by atoms with E-state index in [2.05, 4.69) is 15.0 Å². The first-order valence-corrected chi connectivity index (χ1v) is 11.0. The average molecular weight is 473 g/mol. The molecule has 0 saturated carbocycles. The number of carbonyl (C=O) groups excluding carboxylic acids is 1. The van der Waals surface area contributed by atoms with Crippen molar-refractivity contribution in [3.05, 3.63) is 77.5 Å². The number of hydrogen-bond acceptors (Lipinski definition) is 5. The van der Waals surface area contributed by atoms with Crippen LogP contribution < -0.4 is 4.74 Å². The number of rotatable bonds is 7. The quantitative estimate of drug-likeness (QED) is 0.545. The maximum absolute atomic E-state index is 13.6. The summed E-state index contributed by atoms with van der Waals surface area (Å²) in [5.41, 5.74) is 2.18. The van der Waals surface area contributed by atoms with Crippen molar-refractivity contribution in [2.45, 2.75) is 45.8 Å². The van der Waals surface area contributed by atoms with Gasteiger partial charge in [0.15, 0.2) is 5.69 Å². The van der Waals surface area contributed by atoms with Gasteiger partial charge in [0.25, 0.3) is 5.91 Å². The summed E-state index contributed by atoms with van der Waals surface area (Å²) in [7, 11) is 0. The number of likely N-dealkylation sites (N-methyl/N-ethyl adjacent to an activating group) is 1. The van der Waals surface area contributed by atoms with Crippen molar-refractivity contribution < 1.29 is 22.7 Å². The van der Waals surface area contributed by atoms with Crippen molar-refractivity contribution >= 4 is 11.6 Å². The third-order valence-electron chi connectivity index (χ3n) is 5.39. The van der Waals surface area contributed by atoms with Gasteiger partial charge in [-0.2, -0.15) is 13.2 Å². The standard InChI is InChI=1S/C25H27F3N4O2/c1-4-32(18(3)16-34-23-15-30-22(14-31-23)25(26,27)28)24(33)20-12-10-17(2)9-11-19(20)21-8-6-5-7-13-29-21/h5-7,9,11-15,18H,4,8,10,16H2,1-3H3/t18-/m0/s1. The molecule has 0 radical (unpaired) electrons. The first kappa shape index (κ1) is 25.1. The minimum Gasteiger partial charge on any atom is -0.474 e. The van der Waals surface area contributed by atoms with Crippen molar-refractivity contribution in [2.24, 2.45) is 4.99 Å². The molecule has 1 atom stereocenters. The maximum Gasteiger partial charge on any atom is 0.434 e. The molecule has 1 aliphatic heterocycles. The number of aromatic nitrogens is 2. The molecule has 34 heavy (non-hydrogen) atoms. The third kappa shape index (κ3) is 6.30. The van der Waals surface area contributed by atoms with Crippen LogP contribution in [0.1, 0.15) is 39.3 Å². The Morgan fingerprint density at radius 2 is 1.97 bits per heavy atom. The maximum atomic E-state index is 13.6.